The van der Waals surface area contributed by atoms with Crippen molar-refractivity contribution < 1.29 is 9.59 Å². The number of aromatic nitrogens is 3. The van der Waals surface area contributed by atoms with E-state index in [9.17, 15) is 9.59 Å². The first kappa shape index (κ1) is 16.2. The largest absolute Gasteiger partial charge is 0.326 e. The summed E-state index contributed by atoms with van der Waals surface area (Å²) in [4.78, 5) is 26.2. The Balaban J connectivity index is 1.80. The smallest absolute Gasteiger partial charge is 0.325 e. The van der Waals surface area contributed by atoms with Crippen LogP contribution in [-0.4, -0.2) is 37.9 Å². The summed E-state index contributed by atoms with van der Waals surface area (Å²) in [6.07, 6.45) is 4.21. The minimum absolute atomic E-state index is 0.119. The molecule has 1 aliphatic rings. The van der Waals surface area contributed by atoms with E-state index in [1.54, 1.807) is 17.1 Å². The molecule has 7 heteroatoms. The van der Waals surface area contributed by atoms with Crippen molar-refractivity contribution in [2.75, 3.05) is 0 Å². The monoisotopic (exact) mass is 327 g/mol. The van der Waals surface area contributed by atoms with E-state index in [1.165, 1.54) is 4.90 Å². The van der Waals surface area contributed by atoms with Crippen LogP contribution in [0.1, 0.15) is 38.8 Å². The van der Waals surface area contributed by atoms with Crippen LogP contribution >= 0.6 is 0 Å². The Hall–Kier alpha value is -2.70. The van der Waals surface area contributed by atoms with Crippen LogP contribution in [-0.2, 0) is 4.79 Å². The first-order valence-electron chi connectivity index (χ1n) is 8.13. The molecule has 3 rings (SSSR count). The highest BCUT2D eigenvalue weighted by atomic mass is 16.2. The molecule has 0 saturated carbocycles. The summed E-state index contributed by atoms with van der Waals surface area (Å²) in [5.41, 5.74) is 1.77. The molecule has 126 valence electrons. The van der Waals surface area contributed by atoms with Crippen molar-refractivity contribution in [1.29, 1.82) is 0 Å². The number of rotatable bonds is 5. The predicted octanol–water partition coefficient (Wildman–Crippen LogP) is 2.29. The number of imide groups is 1. The first-order chi connectivity index (χ1) is 11.5. The van der Waals surface area contributed by atoms with Crippen molar-refractivity contribution >= 4 is 11.9 Å². The molecule has 2 aromatic rings. The van der Waals surface area contributed by atoms with Gasteiger partial charge in [0.2, 0.25) is 0 Å². The average molecular weight is 327 g/mol. The number of benzene rings is 1. The number of nitrogens with one attached hydrogen (secondary N) is 1. The number of hydrogen-bond donors (Lipinski definition) is 1. The minimum atomic E-state index is -0.431. The fraction of sp³-hybridized carbons (Fsp3) is 0.412. The average Bonchev–Trinajstić information content (AvgIpc) is 3.22. The van der Waals surface area contributed by atoms with Crippen LogP contribution in [0.5, 0.6) is 0 Å². The van der Waals surface area contributed by atoms with Crippen LogP contribution in [0.4, 0.5) is 4.79 Å². The normalized spacial score (nSPS) is 20.1. The molecule has 1 aromatic heterocycles. The van der Waals surface area contributed by atoms with Gasteiger partial charge in [-0.25, -0.2) is 9.48 Å². The zero-order chi connectivity index (χ0) is 17.3. The van der Waals surface area contributed by atoms with Gasteiger partial charge in [-0.1, -0.05) is 37.6 Å². The molecule has 0 spiro atoms. The summed E-state index contributed by atoms with van der Waals surface area (Å²) in [5.74, 6) is -0.0319. The number of hydrogen-bond acceptors (Lipinski definition) is 4. The Bertz CT molecular complexity index is 726. The maximum Gasteiger partial charge on any atom is 0.325 e. The van der Waals surface area contributed by atoms with Crippen LogP contribution in [0, 0.1) is 5.92 Å². The lowest BCUT2D eigenvalue weighted by Crippen LogP contribution is -2.36. The van der Waals surface area contributed by atoms with Gasteiger partial charge in [-0.05, 0) is 30.5 Å². The van der Waals surface area contributed by atoms with E-state index >= 15 is 0 Å². The zero-order valence-corrected chi connectivity index (χ0v) is 14.0. The zero-order valence-electron chi connectivity index (χ0n) is 14.0. The second-order valence-corrected chi connectivity index (χ2v) is 6.14. The summed E-state index contributed by atoms with van der Waals surface area (Å²) in [6.45, 7) is 5.85. The Labute approximate surface area is 140 Å². The van der Waals surface area contributed by atoms with Crippen LogP contribution < -0.4 is 5.32 Å². The highest BCUT2D eigenvalue weighted by molar-refractivity contribution is 6.04. The van der Waals surface area contributed by atoms with E-state index in [2.05, 4.69) is 15.6 Å². The lowest BCUT2D eigenvalue weighted by atomic mass is 9.98. The SMILES string of the molecule is CC[C@H](C)[C@@H]1NC(=O)N([C@H](C)c2ccc(-n3ccnn3)cc2)C1=O. The minimum Gasteiger partial charge on any atom is -0.326 e. The quantitative estimate of drug-likeness (QED) is 0.855. The van der Waals surface area contributed by atoms with Crippen molar-refractivity contribution in [1.82, 2.24) is 25.2 Å². The molecule has 3 amide bonds. The molecule has 0 unspecified atom stereocenters. The van der Waals surface area contributed by atoms with E-state index < -0.39 is 6.04 Å². The van der Waals surface area contributed by atoms with Crippen LogP contribution in [0.2, 0.25) is 0 Å². The molecule has 0 aliphatic carbocycles. The maximum atomic E-state index is 12.6. The summed E-state index contributed by atoms with van der Waals surface area (Å²) < 4.78 is 1.65. The number of nitrogens with zero attached hydrogens (tertiary/aromatic N) is 4. The summed E-state index contributed by atoms with van der Waals surface area (Å²) in [5, 5.41) is 10.5. The molecule has 3 atom stereocenters. The van der Waals surface area contributed by atoms with Crippen molar-refractivity contribution in [2.45, 2.75) is 39.3 Å². The molecule has 1 aliphatic heterocycles. The van der Waals surface area contributed by atoms with Crippen molar-refractivity contribution in [3.05, 3.63) is 42.2 Å². The Morgan fingerprint density at radius 2 is 1.92 bits per heavy atom. The number of carbonyl (C=O) groups excluding carboxylic acids is 2. The Morgan fingerprint density at radius 3 is 2.50 bits per heavy atom. The fourth-order valence-electron chi connectivity index (χ4n) is 2.90. The highest BCUT2D eigenvalue weighted by Gasteiger charge is 2.42. The molecule has 2 heterocycles. The third-order valence-electron chi connectivity index (χ3n) is 4.66. The van der Waals surface area contributed by atoms with Crippen molar-refractivity contribution in [3.8, 4) is 5.69 Å². The maximum absolute atomic E-state index is 12.6. The van der Waals surface area contributed by atoms with E-state index in [4.69, 9.17) is 0 Å². The summed E-state index contributed by atoms with van der Waals surface area (Å²) >= 11 is 0. The van der Waals surface area contributed by atoms with Gasteiger partial charge in [-0.15, -0.1) is 5.10 Å². The third kappa shape index (κ3) is 2.77. The van der Waals surface area contributed by atoms with Crippen LogP contribution in [0.3, 0.4) is 0 Å². The highest BCUT2D eigenvalue weighted by Crippen LogP contribution is 2.27. The molecule has 1 fully saturated rings. The van der Waals surface area contributed by atoms with Gasteiger partial charge >= 0.3 is 6.03 Å². The molecule has 7 nitrogen and oxygen atoms in total. The van der Waals surface area contributed by atoms with E-state index in [0.717, 1.165) is 17.7 Å². The van der Waals surface area contributed by atoms with E-state index in [1.807, 2.05) is 45.0 Å². The standard InChI is InChI=1S/C17H21N5O2/c1-4-11(2)15-16(23)22(17(24)19-15)12(3)13-5-7-14(8-6-13)21-10-9-18-20-21/h5-12,15H,4H2,1-3H3,(H,19,24)/t11-,12+,15-/m0/s1. The Morgan fingerprint density at radius 1 is 1.21 bits per heavy atom. The lowest BCUT2D eigenvalue weighted by Gasteiger charge is -2.23. The molecule has 1 saturated heterocycles. The second kappa shape index (κ2) is 6.43. The molecule has 1 aromatic carbocycles. The number of carbonyl (C=O) groups is 2. The number of amides is 3. The Kier molecular flexibility index (Phi) is 4.33. The van der Waals surface area contributed by atoms with E-state index in [0.29, 0.717) is 0 Å². The molecule has 1 N–H and O–H groups in total. The van der Waals surface area contributed by atoms with Crippen LogP contribution in [0.15, 0.2) is 36.7 Å². The molecular formula is C17H21N5O2. The van der Waals surface area contributed by atoms with Crippen molar-refractivity contribution in [2.24, 2.45) is 5.92 Å². The molecule has 24 heavy (non-hydrogen) atoms. The first-order valence-corrected chi connectivity index (χ1v) is 8.13. The fourth-order valence-corrected chi connectivity index (χ4v) is 2.90. The molecule has 0 radical (unpaired) electrons. The van der Waals surface area contributed by atoms with Gasteiger partial charge in [0.05, 0.1) is 24.1 Å². The van der Waals surface area contributed by atoms with Gasteiger partial charge < -0.3 is 5.32 Å². The van der Waals surface area contributed by atoms with Gasteiger partial charge in [-0.2, -0.15) is 0 Å². The van der Waals surface area contributed by atoms with Crippen LogP contribution in [0.25, 0.3) is 5.69 Å². The predicted molar refractivity (Wildman–Crippen MR) is 88.4 cm³/mol. The second-order valence-electron chi connectivity index (χ2n) is 6.14. The van der Waals surface area contributed by atoms with Crippen molar-refractivity contribution in [3.63, 3.8) is 0 Å². The van der Waals surface area contributed by atoms with Gasteiger partial charge in [-0.3, -0.25) is 9.69 Å². The van der Waals surface area contributed by atoms with Gasteiger partial charge in [0.15, 0.2) is 0 Å². The third-order valence-corrected chi connectivity index (χ3v) is 4.66. The lowest BCUT2D eigenvalue weighted by molar-refractivity contribution is -0.129. The van der Waals surface area contributed by atoms with E-state index in [-0.39, 0.29) is 23.9 Å². The van der Waals surface area contributed by atoms with Gasteiger partial charge in [0.1, 0.15) is 6.04 Å². The topological polar surface area (TPSA) is 80.1 Å². The molecular weight excluding hydrogens is 306 g/mol. The number of urea groups is 1. The summed E-state index contributed by atoms with van der Waals surface area (Å²) in [6, 6.07) is 6.52. The molecule has 0 bridgehead atoms. The van der Waals surface area contributed by atoms with Gasteiger partial charge in [0.25, 0.3) is 5.91 Å². The van der Waals surface area contributed by atoms with Gasteiger partial charge in [0, 0.05) is 0 Å². The summed E-state index contributed by atoms with van der Waals surface area (Å²) in [7, 11) is 0.